The van der Waals surface area contributed by atoms with Crippen molar-refractivity contribution < 1.29 is 9.72 Å². The van der Waals surface area contributed by atoms with Gasteiger partial charge >= 0.3 is 0 Å². The molecular formula is C21H27N3O3. The number of hydrogen-bond donors (Lipinski definition) is 2. The van der Waals surface area contributed by atoms with Crippen molar-refractivity contribution in [2.75, 3.05) is 5.32 Å². The summed E-state index contributed by atoms with van der Waals surface area (Å²) in [5.41, 5.74) is 2.47. The molecule has 0 saturated carbocycles. The number of carbonyl (C=O) groups excluding carboxylic acids is 1. The molecule has 27 heavy (non-hydrogen) atoms. The first-order valence-corrected chi connectivity index (χ1v) is 9.22. The Bertz CT molecular complexity index is 788. The summed E-state index contributed by atoms with van der Waals surface area (Å²) in [6, 6.07) is 14.0. The molecule has 0 saturated heterocycles. The minimum atomic E-state index is -0.511. The molecule has 2 aromatic carbocycles. The molecule has 0 aliphatic rings. The van der Waals surface area contributed by atoms with Crippen LogP contribution in [0.3, 0.4) is 0 Å². The second-order valence-electron chi connectivity index (χ2n) is 6.97. The maximum atomic E-state index is 12.6. The van der Waals surface area contributed by atoms with Crippen LogP contribution >= 0.6 is 0 Å². The van der Waals surface area contributed by atoms with Gasteiger partial charge in [0.25, 0.3) is 5.69 Å². The summed E-state index contributed by atoms with van der Waals surface area (Å²) in [6.07, 6.45) is 0.981. The lowest BCUT2D eigenvalue weighted by Crippen LogP contribution is -2.41. The van der Waals surface area contributed by atoms with Gasteiger partial charge in [-0.2, -0.15) is 0 Å². The van der Waals surface area contributed by atoms with Crippen molar-refractivity contribution in [1.29, 1.82) is 0 Å². The topological polar surface area (TPSA) is 84.3 Å². The zero-order chi connectivity index (χ0) is 20.0. The van der Waals surface area contributed by atoms with E-state index in [0.717, 1.165) is 12.0 Å². The number of aryl methyl sites for hydroxylation is 1. The lowest BCUT2D eigenvalue weighted by Gasteiger charge is -2.26. The van der Waals surface area contributed by atoms with Crippen molar-refractivity contribution in [3.05, 3.63) is 69.8 Å². The summed E-state index contributed by atoms with van der Waals surface area (Å²) in [4.78, 5) is 23.2. The third-order valence-electron chi connectivity index (χ3n) is 4.60. The van der Waals surface area contributed by atoms with Crippen LogP contribution in [0.1, 0.15) is 44.9 Å². The Morgan fingerprint density at radius 1 is 1.07 bits per heavy atom. The molecule has 0 radical (unpaired) electrons. The third kappa shape index (κ3) is 5.37. The molecule has 2 rings (SSSR count). The zero-order valence-electron chi connectivity index (χ0n) is 16.2. The quantitative estimate of drug-likeness (QED) is 0.531. The van der Waals surface area contributed by atoms with E-state index in [0.29, 0.717) is 0 Å². The van der Waals surface area contributed by atoms with Crippen LogP contribution in [0.25, 0.3) is 0 Å². The normalized spacial score (nSPS) is 13.2. The molecule has 2 N–H and O–H groups in total. The van der Waals surface area contributed by atoms with E-state index in [1.54, 1.807) is 19.1 Å². The zero-order valence-corrected chi connectivity index (χ0v) is 16.2. The molecule has 2 aromatic rings. The highest BCUT2D eigenvalue weighted by Gasteiger charge is 2.23. The lowest BCUT2D eigenvalue weighted by atomic mass is 9.94. The summed E-state index contributed by atoms with van der Waals surface area (Å²) < 4.78 is 0. The maximum Gasteiger partial charge on any atom is 0.292 e. The van der Waals surface area contributed by atoms with Gasteiger partial charge in [0.2, 0.25) is 5.91 Å². The van der Waals surface area contributed by atoms with Crippen molar-refractivity contribution in [2.24, 2.45) is 5.92 Å². The number of nitrogens with zero attached hydrogens (tertiary/aromatic N) is 1. The van der Waals surface area contributed by atoms with Gasteiger partial charge < -0.3 is 5.32 Å². The Morgan fingerprint density at radius 3 is 2.26 bits per heavy atom. The minimum absolute atomic E-state index is 0.00224. The van der Waals surface area contributed by atoms with E-state index in [9.17, 15) is 14.9 Å². The first kappa shape index (κ1) is 20.6. The van der Waals surface area contributed by atoms with Crippen LogP contribution in [-0.2, 0) is 11.2 Å². The Labute approximate surface area is 160 Å². The predicted molar refractivity (Wildman–Crippen MR) is 108 cm³/mol. The van der Waals surface area contributed by atoms with Crippen LogP contribution in [-0.4, -0.2) is 16.9 Å². The highest BCUT2D eigenvalue weighted by Crippen LogP contribution is 2.25. The van der Waals surface area contributed by atoms with Crippen LogP contribution in [0.2, 0.25) is 0 Å². The Morgan fingerprint density at radius 2 is 1.70 bits per heavy atom. The molecule has 0 aliphatic heterocycles. The second kappa shape index (κ2) is 9.28. The predicted octanol–water partition coefficient (Wildman–Crippen LogP) is 4.47. The van der Waals surface area contributed by atoms with E-state index in [2.05, 4.69) is 55.7 Å². The molecule has 144 valence electrons. The summed E-state index contributed by atoms with van der Waals surface area (Å²) in [5, 5.41) is 17.1. The summed E-state index contributed by atoms with van der Waals surface area (Å²) in [6.45, 7) is 8.07. The average molecular weight is 369 g/mol. The number of amides is 1. The van der Waals surface area contributed by atoms with Crippen molar-refractivity contribution in [2.45, 2.75) is 46.2 Å². The fourth-order valence-corrected chi connectivity index (χ4v) is 2.96. The van der Waals surface area contributed by atoms with Crippen molar-refractivity contribution in [3.63, 3.8) is 0 Å². The van der Waals surface area contributed by atoms with Gasteiger partial charge in [0.05, 0.1) is 11.0 Å². The van der Waals surface area contributed by atoms with Crippen LogP contribution in [0.4, 0.5) is 11.4 Å². The number of benzene rings is 2. The molecule has 6 nitrogen and oxygen atoms in total. The molecule has 1 amide bonds. The molecule has 0 aliphatic carbocycles. The second-order valence-corrected chi connectivity index (χ2v) is 6.97. The number of nitro benzene ring substituents is 1. The maximum absolute atomic E-state index is 12.6. The minimum Gasteiger partial charge on any atom is -0.319 e. The van der Waals surface area contributed by atoms with E-state index in [4.69, 9.17) is 0 Å². The van der Waals surface area contributed by atoms with Crippen LogP contribution in [0.15, 0.2) is 48.5 Å². The van der Waals surface area contributed by atoms with Crippen LogP contribution < -0.4 is 10.6 Å². The molecule has 0 spiro atoms. The average Bonchev–Trinajstić information content (AvgIpc) is 2.66. The summed E-state index contributed by atoms with van der Waals surface area (Å²) in [5.74, 6) is -0.0288. The Kier molecular flexibility index (Phi) is 7.07. The first-order valence-electron chi connectivity index (χ1n) is 9.22. The number of hydrogen-bond acceptors (Lipinski definition) is 4. The fourth-order valence-electron chi connectivity index (χ4n) is 2.96. The Balaban J connectivity index is 2.11. The number of nitro groups is 1. The number of nitrogens with one attached hydrogen (secondary N) is 2. The number of carbonyl (C=O) groups is 1. The van der Waals surface area contributed by atoms with Gasteiger partial charge in [-0.05, 0) is 36.5 Å². The molecule has 0 heterocycles. The number of rotatable bonds is 8. The summed E-state index contributed by atoms with van der Waals surface area (Å²) >= 11 is 0. The Hall–Kier alpha value is -2.73. The van der Waals surface area contributed by atoms with Gasteiger partial charge in [-0.3, -0.25) is 20.2 Å². The third-order valence-corrected chi connectivity index (χ3v) is 4.60. The highest BCUT2D eigenvalue weighted by atomic mass is 16.6. The van der Waals surface area contributed by atoms with Gasteiger partial charge in [-0.15, -0.1) is 0 Å². The van der Waals surface area contributed by atoms with Crippen molar-refractivity contribution in [3.8, 4) is 0 Å². The molecule has 0 aromatic heterocycles. The number of para-hydroxylation sites is 2. The van der Waals surface area contributed by atoms with E-state index >= 15 is 0 Å². The smallest absolute Gasteiger partial charge is 0.292 e. The van der Waals surface area contributed by atoms with Gasteiger partial charge in [-0.1, -0.05) is 57.2 Å². The first-order chi connectivity index (χ1) is 12.8. The van der Waals surface area contributed by atoms with Crippen molar-refractivity contribution in [1.82, 2.24) is 5.32 Å². The largest absolute Gasteiger partial charge is 0.319 e. The van der Waals surface area contributed by atoms with E-state index in [-0.39, 0.29) is 29.2 Å². The summed E-state index contributed by atoms with van der Waals surface area (Å²) in [7, 11) is 0. The molecule has 0 fully saturated rings. The fraction of sp³-hybridized carbons (Fsp3) is 0.381. The van der Waals surface area contributed by atoms with Crippen LogP contribution in [0, 0.1) is 16.0 Å². The highest BCUT2D eigenvalue weighted by molar-refractivity contribution is 5.96. The standard InChI is InChI=1S/C21H27N3O3/c1-5-16-10-12-17(13-11-16)20(14(2)3)22-15(4)21(25)23-18-8-6-7-9-19(18)24(26)27/h6-15,20,22H,5H2,1-4H3,(H,23,25)/t15-,20-/m1/s1. The molecule has 6 heteroatoms. The van der Waals surface area contributed by atoms with E-state index in [1.165, 1.54) is 17.7 Å². The molecule has 2 atom stereocenters. The van der Waals surface area contributed by atoms with Crippen molar-refractivity contribution >= 4 is 17.3 Å². The SMILES string of the molecule is CCc1ccc([C@H](N[C@H](C)C(=O)Nc2ccccc2[N+](=O)[O-])C(C)C)cc1. The monoisotopic (exact) mass is 369 g/mol. The van der Waals surface area contributed by atoms with E-state index in [1.807, 2.05) is 0 Å². The lowest BCUT2D eigenvalue weighted by molar-refractivity contribution is -0.383. The molecule has 0 bridgehead atoms. The van der Waals surface area contributed by atoms with E-state index < -0.39 is 11.0 Å². The van der Waals surface area contributed by atoms with Gasteiger partial charge in [0.1, 0.15) is 5.69 Å². The molecular weight excluding hydrogens is 342 g/mol. The van der Waals surface area contributed by atoms with Gasteiger partial charge in [0, 0.05) is 12.1 Å². The number of anilines is 1. The van der Waals surface area contributed by atoms with Crippen LogP contribution in [0.5, 0.6) is 0 Å². The molecule has 0 unspecified atom stereocenters. The van der Waals surface area contributed by atoms with Gasteiger partial charge in [-0.25, -0.2) is 0 Å². The van der Waals surface area contributed by atoms with Gasteiger partial charge in [0.15, 0.2) is 0 Å².